The van der Waals surface area contributed by atoms with E-state index in [-0.39, 0.29) is 30.2 Å². The van der Waals surface area contributed by atoms with Crippen molar-refractivity contribution in [2.45, 2.75) is 63.4 Å². The summed E-state index contributed by atoms with van der Waals surface area (Å²) in [7, 11) is 0. The van der Waals surface area contributed by atoms with E-state index >= 15 is 0 Å². The normalized spacial score (nSPS) is 15.2. The van der Waals surface area contributed by atoms with Gasteiger partial charge in [0.2, 0.25) is 11.8 Å². The summed E-state index contributed by atoms with van der Waals surface area (Å²) in [6.07, 6.45) is 5.44. The lowest BCUT2D eigenvalue weighted by Gasteiger charge is -2.31. The molecule has 1 saturated carbocycles. The summed E-state index contributed by atoms with van der Waals surface area (Å²) in [6, 6.07) is 12.4. The summed E-state index contributed by atoms with van der Waals surface area (Å²) < 4.78 is 0. The molecule has 2 aromatic carbocycles. The number of nitrogens with one attached hydrogen (secondary N) is 1. The lowest BCUT2D eigenvalue weighted by atomic mass is 9.95. The fourth-order valence-electron chi connectivity index (χ4n) is 3.93. The molecule has 1 N–H and O–H groups in total. The van der Waals surface area contributed by atoms with Crippen molar-refractivity contribution in [2.24, 2.45) is 0 Å². The minimum Gasteiger partial charge on any atom is -0.352 e. The average Bonchev–Trinajstić information content (AvgIpc) is 2.80. The maximum Gasteiger partial charge on any atom is 0.242 e. The Labute approximate surface area is 215 Å². The number of carbonyl (C=O) groups excluding carboxylic acids is 2. The highest BCUT2D eigenvalue weighted by atomic mass is 35.5. The summed E-state index contributed by atoms with van der Waals surface area (Å²) in [5, 5.41) is 4.83. The Bertz CT molecular complexity index is 966. The summed E-state index contributed by atoms with van der Waals surface area (Å²) in [5.41, 5.74) is 1.73. The van der Waals surface area contributed by atoms with Crippen molar-refractivity contribution in [2.75, 3.05) is 5.75 Å². The van der Waals surface area contributed by atoms with Gasteiger partial charge in [-0.1, -0.05) is 78.3 Å². The van der Waals surface area contributed by atoms with Gasteiger partial charge in [0.15, 0.2) is 0 Å². The van der Waals surface area contributed by atoms with Gasteiger partial charge in [0.1, 0.15) is 6.04 Å². The van der Waals surface area contributed by atoms with Crippen LogP contribution < -0.4 is 5.32 Å². The number of hydrogen-bond donors (Lipinski definition) is 1. The van der Waals surface area contributed by atoms with Crippen molar-refractivity contribution in [3.8, 4) is 0 Å². The van der Waals surface area contributed by atoms with Gasteiger partial charge in [0.25, 0.3) is 0 Å². The van der Waals surface area contributed by atoms with Gasteiger partial charge in [-0.25, -0.2) is 0 Å². The Morgan fingerprint density at radius 1 is 1.03 bits per heavy atom. The van der Waals surface area contributed by atoms with Gasteiger partial charge in [-0.15, -0.1) is 11.8 Å². The van der Waals surface area contributed by atoms with Crippen molar-refractivity contribution < 1.29 is 9.59 Å². The fourth-order valence-corrected chi connectivity index (χ4v) is 5.60. The van der Waals surface area contributed by atoms with E-state index < -0.39 is 6.04 Å². The molecule has 1 atom stereocenters. The minimum absolute atomic E-state index is 0.121. The van der Waals surface area contributed by atoms with E-state index in [1.165, 1.54) is 18.2 Å². The molecule has 8 heteroatoms. The molecule has 0 unspecified atom stereocenters. The number of halogens is 3. The van der Waals surface area contributed by atoms with Gasteiger partial charge in [0, 0.05) is 33.4 Å². The fraction of sp³-hybridized carbons (Fsp3) is 0.440. The van der Waals surface area contributed by atoms with Crippen LogP contribution in [0.4, 0.5) is 0 Å². The Balaban J connectivity index is 1.69. The highest BCUT2D eigenvalue weighted by Crippen LogP contribution is 2.25. The first kappa shape index (κ1) is 26.2. The molecular formula is C25H29Cl3N2O2S. The van der Waals surface area contributed by atoms with Crippen molar-refractivity contribution in [3.63, 3.8) is 0 Å². The van der Waals surface area contributed by atoms with Crippen LogP contribution in [0.5, 0.6) is 0 Å². The van der Waals surface area contributed by atoms with E-state index in [9.17, 15) is 9.59 Å². The monoisotopic (exact) mass is 526 g/mol. The van der Waals surface area contributed by atoms with Crippen molar-refractivity contribution in [3.05, 3.63) is 68.7 Å². The summed E-state index contributed by atoms with van der Waals surface area (Å²) >= 11 is 20.1. The smallest absolute Gasteiger partial charge is 0.242 e. The van der Waals surface area contributed by atoms with Gasteiger partial charge in [-0.3, -0.25) is 9.59 Å². The number of thioether (sulfide) groups is 1. The van der Waals surface area contributed by atoms with E-state index in [1.807, 2.05) is 24.3 Å². The second kappa shape index (κ2) is 12.9. The summed E-state index contributed by atoms with van der Waals surface area (Å²) in [6.45, 7) is 2.01. The van der Waals surface area contributed by atoms with Gasteiger partial charge in [0.05, 0.1) is 5.75 Å². The number of amides is 2. The Morgan fingerprint density at radius 2 is 1.76 bits per heavy atom. The first-order chi connectivity index (χ1) is 15.8. The molecular weight excluding hydrogens is 499 g/mol. The molecule has 0 spiro atoms. The van der Waals surface area contributed by atoms with Crippen molar-refractivity contribution >= 4 is 58.4 Å². The van der Waals surface area contributed by atoms with E-state index in [0.717, 1.165) is 36.8 Å². The first-order valence-corrected chi connectivity index (χ1v) is 13.5. The lowest BCUT2D eigenvalue weighted by molar-refractivity contribution is -0.139. The lowest BCUT2D eigenvalue weighted by Crippen LogP contribution is -2.50. The zero-order valence-corrected chi connectivity index (χ0v) is 21.7. The van der Waals surface area contributed by atoms with E-state index in [1.54, 1.807) is 30.0 Å². The molecule has 2 amide bonds. The Kier molecular flexibility index (Phi) is 10.2. The molecule has 33 heavy (non-hydrogen) atoms. The number of hydrogen-bond acceptors (Lipinski definition) is 3. The highest BCUT2D eigenvalue weighted by molar-refractivity contribution is 7.99. The predicted molar refractivity (Wildman–Crippen MR) is 139 cm³/mol. The second-order valence-corrected chi connectivity index (χ2v) is 10.6. The number of rotatable bonds is 9. The molecule has 4 nitrogen and oxygen atoms in total. The highest BCUT2D eigenvalue weighted by Gasteiger charge is 2.28. The van der Waals surface area contributed by atoms with Crippen LogP contribution in [0.15, 0.2) is 42.5 Å². The van der Waals surface area contributed by atoms with Crippen LogP contribution in [-0.2, 0) is 21.9 Å². The molecule has 178 valence electrons. The third-order valence-electron chi connectivity index (χ3n) is 5.92. The van der Waals surface area contributed by atoms with Crippen LogP contribution in [0, 0.1) is 0 Å². The first-order valence-electron chi connectivity index (χ1n) is 11.2. The minimum atomic E-state index is -0.618. The second-order valence-electron chi connectivity index (χ2n) is 8.36. The number of carbonyl (C=O) groups is 2. The maximum atomic E-state index is 13.3. The third-order valence-corrected chi connectivity index (χ3v) is 7.84. The zero-order valence-electron chi connectivity index (χ0n) is 18.7. The van der Waals surface area contributed by atoms with Crippen molar-refractivity contribution in [1.29, 1.82) is 0 Å². The predicted octanol–water partition coefficient (Wildman–Crippen LogP) is 6.75. The van der Waals surface area contributed by atoms with Crippen LogP contribution >= 0.6 is 46.6 Å². The molecule has 0 aromatic heterocycles. The Morgan fingerprint density at radius 3 is 2.45 bits per heavy atom. The number of nitrogens with zero attached hydrogens (tertiary/aromatic N) is 1. The molecule has 1 fully saturated rings. The molecule has 1 aliphatic rings. The quantitative estimate of drug-likeness (QED) is 0.392. The molecule has 0 saturated heterocycles. The molecule has 3 rings (SSSR count). The van der Waals surface area contributed by atoms with Crippen LogP contribution in [0.2, 0.25) is 15.1 Å². The Hall–Kier alpha value is -1.40. The van der Waals surface area contributed by atoms with E-state index in [2.05, 4.69) is 5.32 Å². The average molecular weight is 528 g/mol. The van der Waals surface area contributed by atoms with Crippen LogP contribution in [0.3, 0.4) is 0 Å². The molecule has 1 aliphatic carbocycles. The standard InChI is InChI=1S/C25H29Cl3N2O2S/c1-17(25(32)29-21-8-3-2-4-9-21)30(14-18-11-12-20(26)13-23(18)28)24(31)16-33-15-19-7-5-6-10-22(19)27/h5-7,10-13,17,21H,2-4,8-9,14-16H2,1H3,(H,29,32)/t17-/m0/s1. The molecule has 2 aromatic rings. The van der Waals surface area contributed by atoms with E-state index in [0.29, 0.717) is 20.8 Å². The molecule has 0 bridgehead atoms. The zero-order chi connectivity index (χ0) is 23.8. The summed E-state index contributed by atoms with van der Waals surface area (Å²) in [4.78, 5) is 27.9. The molecule has 0 radical (unpaired) electrons. The van der Waals surface area contributed by atoms with Crippen LogP contribution in [0.1, 0.15) is 50.2 Å². The van der Waals surface area contributed by atoms with Gasteiger partial charge in [-0.2, -0.15) is 0 Å². The van der Waals surface area contributed by atoms with Gasteiger partial charge >= 0.3 is 0 Å². The molecule has 0 aliphatic heterocycles. The van der Waals surface area contributed by atoms with Gasteiger partial charge in [-0.05, 0) is 49.1 Å². The molecule has 0 heterocycles. The van der Waals surface area contributed by atoms with Gasteiger partial charge < -0.3 is 10.2 Å². The van der Waals surface area contributed by atoms with Crippen LogP contribution in [-0.4, -0.2) is 34.6 Å². The SMILES string of the molecule is C[C@@H](C(=O)NC1CCCCC1)N(Cc1ccc(Cl)cc1Cl)C(=O)CSCc1ccccc1Cl. The van der Waals surface area contributed by atoms with Crippen molar-refractivity contribution in [1.82, 2.24) is 10.2 Å². The third kappa shape index (κ3) is 7.81. The van der Waals surface area contributed by atoms with Crippen LogP contribution in [0.25, 0.3) is 0 Å². The van der Waals surface area contributed by atoms with E-state index in [4.69, 9.17) is 34.8 Å². The topological polar surface area (TPSA) is 49.4 Å². The summed E-state index contributed by atoms with van der Waals surface area (Å²) in [5.74, 6) is 0.599. The maximum absolute atomic E-state index is 13.3. The number of benzene rings is 2. The largest absolute Gasteiger partial charge is 0.352 e.